The Balaban J connectivity index is 2.05. The van der Waals surface area contributed by atoms with Crippen molar-refractivity contribution < 1.29 is 4.42 Å². The molecule has 5 heteroatoms. The van der Waals surface area contributed by atoms with Crippen molar-refractivity contribution >= 4 is 31.9 Å². The molecule has 1 aromatic heterocycles. The van der Waals surface area contributed by atoms with Gasteiger partial charge in [-0.25, -0.2) is 4.98 Å². The zero-order chi connectivity index (χ0) is 14.8. The highest BCUT2D eigenvalue weighted by atomic mass is 79.9. The van der Waals surface area contributed by atoms with Gasteiger partial charge in [-0.05, 0) is 54.9 Å². The van der Waals surface area contributed by atoms with E-state index in [1.165, 1.54) is 0 Å². The fraction of sp³-hybridized carbons (Fsp3) is 0.400. The summed E-state index contributed by atoms with van der Waals surface area (Å²) in [7, 11) is 0. The quantitative estimate of drug-likeness (QED) is 0.799. The van der Waals surface area contributed by atoms with Crippen LogP contribution in [0.1, 0.15) is 26.7 Å². The molecule has 0 saturated carbocycles. The summed E-state index contributed by atoms with van der Waals surface area (Å²) in [6.45, 7) is 7.29. The van der Waals surface area contributed by atoms with Gasteiger partial charge in [-0.1, -0.05) is 15.9 Å². The molecule has 0 atom stereocenters. The Morgan fingerprint density at radius 2 is 2.00 bits per heavy atom. The Morgan fingerprint density at radius 1 is 1.25 bits per heavy atom. The maximum absolute atomic E-state index is 5.81. The van der Waals surface area contributed by atoms with Gasteiger partial charge in [-0.15, -0.1) is 0 Å². The Bertz CT molecular complexity index is 588. The number of oxazole rings is 1. The second-order valence-electron chi connectivity index (χ2n) is 5.67. The second kappa shape index (κ2) is 6.41. The maximum Gasteiger partial charge on any atom is 0.196 e. The molecule has 0 aliphatic rings. The van der Waals surface area contributed by atoms with Crippen LogP contribution in [0.25, 0.3) is 11.3 Å². The van der Waals surface area contributed by atoms with E-state index in [-0.39, 0.29) is 5.54 Å². The molecule has 108 valence electrons. The van der Waals surface area contributed by atoms with Crippen LogP contribution in [0.5, 0.6) is 0 Å². The van der Waals surface area contributed by atoms with E-state index in [1.54, 1.807) is 6.20 Å². The van der Waals surface area contributed by atoms with E-state index >= 15 is 0 Å². The van der Waals surface area contributed by atoms with E-state index in [1.807, 2.05) is 18.2 Å². The van der Waals surface area contributed by atoms with Crippen LogP contribution in [0.15, 0.2) is 37.8 Å². The highest BCUT2D eigenvalue weighted by Crippen LogP contribution is 2.31. The first kappa shape index (κ1) is 15.7. The summed E-state index contributed by atoms with van der Waals surface area (Å²) in [6, 6.07) is 5.99. The predicted molar refractivity (Wildman–Crippen MR) is 88.8 cm³/mol. The van der Waals surface area contributed by atoms with Gasteiger partial charge in [0.05, 0.1) is 6.20 Å². The van der Waals surface area contributed by atoms with E-state index in [0.29, 0.717) is 0 Å². The summed E-state index contributed by atoms with van der Waals surface area (Å²) in [5, 5.41) is 3.42. The first-order chi connectivity index (χ1) is 9.35. The van der Waals surface area contributed by atoms with Crippen molar-refractivity contribution in [3.05, 3.63) is 39.2 Å². The molecular formula is C15H18Br2N2O. The minimum atomic E-state index is 0.115. The summed E-state index contributed by atoms with van der Waals surface area (Å²) in [6.07, 6.45) is 2.56. The summed E-state index contributed by atoms with van der Waals surface area (Å²) < 4.78 is 7.83. The molecule has 0 bridgehead atoms. The molecule has 1 heterocycles. The zero-order valence-corrected chi connectivity index (χ0v) is 15.0. The summed E-state index contributed by atoms with van der Waals surface area (Å²) in [5.41, 5.74) is 1.13. The molecule has 0 amide bonds. The predicted octanol–water partition coefficient (Wildman–Crippen LogP) is 4.80. The molecular weight excluding hydrogens is 384 g/mol. The van der Waals surface area contributed by atoms with Gasteiger partial charge in [-0.3, -0.25) is 0 Å². The lowest BCUT2D eigenvalue weighted by atomic mass is 10.1. The number of nitrogens with zero attached hydrogens (tertiary/aromatic N) is 1. The minimum absolute atomic E-state index is 0.115. The van der Waals surface area contributed by atoms with Crippen molar-refractivity contribution in [2.24, 2.45) is 0 Å². The lowest BCUT2D eigenvalue weighted by Crippen LogP contribution is -2.37. The number of nitrogens with one attached hydrogen (secondary N) is 1. The fourth-order valence-corrected chi connectivity index (χ4v) is 3.03. The summed E-state index contributed by atoms with van der Waals surface area (Å²) in [5.74, 6) is 1.54. The average Bonchev–Trinajstić information content (AvgIpc) is 2.75. The number of halogens is 2. The molecule has 0 aliphatic carbocycles. The standard InChI is InChI=1S/C15H18Br2N2O/c1-15(2,3)19-7-6-14-18-9-13(20-14)11-5-4-10(16)8-12(11)17/h4-5,8-9,19H,6-7H2,1-3H3. The van der Waals surface area contributed by atoms with Gasteiger partial charge in [0.15, 0.2) is 11.7 Å². The fourth-order valence-electron chi connectivity index (χ4n) is 1.78. The average molecular weight is 402 g/mol. The van der Waals surface area contributed by atoms with E-state index in [4.69, 9.17) is 4.42 Å². The van der Waals surface area contributed by atoms with Gasteiger partial charge in [0, 0.05) is 33.0 Å². The van der Waals surface area contributed by atoms with Crippen molar-refractivity contribution in [2.45, 2.75) is 32.7 Å². The van der Waals surface area contributed by atoms with E-state index < -0.39 is 0 Å². The van der Waals surface area contributed by atoms with Crippen molar-refractivity contribution in [3.8, 4) is 11.3 Å². The molecule has 1 aromatic carbocycles. The van der Waals surface area contributed by atoms with Crippen molar-refractivity contribution in [1.29, 1.82) is 0 Å². The molecule has 2 rings (SSSR count). The lowest BCUT2D eigenvalue weighted by Gasteiger charge is -2.19. The third-order valence-corrected chi connectivity index (χ3v) is 3.89. The van der Waals surface area contributed by atoms with Crippen LogP contribution < -0.4 is 5.32 Å². The number of rotatable bonds is 4. The zero-order valence-electron chi connectivity index (χ0n) is 11.8. The summed E-state index contributed by atoms with van der Waals surface area (Å²) >= 11 is 6.98. The largest absolute Gasteiger partial charge is 0.441 e. The topological polar surface area (TPSA) is 38.1 Å². The van der Waals surface area contributed by atoms with Crippen LogP contribution in [-0.2, 0) is 6.42 Å². The number of hydrogen-bond acceptors (Lipinski definition) is 3. The smallest absolute Gasteiger partial charge is 0.196 e. The van der Waals surface area contributed by atoms with Gasteiger partial charge >= 0.3 is 0 Å². The lowest BCUT2D eigenvalue weighted by molar-refractivity contribution is 0.412. The molecule has 20 heavy (non-hydrogen) atoms. The number of benzene rings is 1. The van der Waals surface area contributed by atoms with Gasteiger partial charge in [0.1, 0.15) is 0 Å². The van der Waals surface area contributed by atoms with Crippen LogP contribution in [0.3, 0.4) is 0 Å². The van der Waals surface area contributed by atoms with E-state index in [0.717, 1.165) is 39.1 Å². The first-order valence-corrected chi connectivity index (χ1v) is 8.09. The minimum Gasteiger partial charge on any atom is -0.441 e. The van der Waals surface area contributed by atoms with Gasteiger partial charge in [0.25, 0.3) is 0 Å². The highest BCUT2D eigenvalue weighted by Gasteiger charge is 2.12. The molecule has 0 unspecified atom stereocenters. The van der Waals surface area contributed by atoms with E-state index in [9.17, 15) is 0 Å². The molecule has 1 N–H and O–H groups in total. The SMILES string of the molecule is CC(C)(C)NCCc1ncc(-c2ccc(Br)cc2Br)o1. The van der Waals surface area contributed by atoms with Crippen LogP contribution in [0.2, 0.25) is 0 Å². The van der Waals surface area contributed by atoms with Crippen LogP contribution >= 0.6 is 31.9 Å². The third-order valence-electron chi connectivity index (χ3n) is 2.74. The normalized spacial score (nSPS) is 11.8. The Kier molecular flexibility index (Phi) is 5.04. The van der Waals surface area contributed by atoms with Crippen molar-refractivity contribution in [3.63, 3.8) is 0 Å². The van der Waals surface area contributed by atoms with Crippen LogP contribution in [-0.4, -0.2) is 17.1 Å². The maximum atomic E-state index is 5.81. The first-order valence-electron chi connectivity index (χ1n) is 6.50. The molecule has 0 spiro atoms. The Hall–Kier alpha value is -0.650. The monoisotopic (exact) mass is 400 g/mol. The molecule has 3 nitrogen and oxygen atoms in total. The van der Waals surface area contributed by atoms with Crippen molar-refractivity contribution in [2.75, 3.05) is 6.54 Å². The highest BCUT2D eigenvalue weighted by molar-refractivity contribution is 9.11. The van der Waals surface area contributed by atoms with Crippen molar-refractivity contribution in [1.82, 2.24) is 10.3 Å². The van der Waals surface area contributed by atoms with Gasteiger partial charge < -0.3 is 9.73 Å². The molecule has 0 radical (unpaired) electrons. The Labute approximate surface area is 136 Å². The number of hydrogen-bond donors (Lipinski definition) is 1. The third kappa shape index (κ3) is 4.43. The second-order valence-corrected chi connectivity index (χ2v) is 7.44. The Morgan fingerprint density at radius 3 is 2.65 bits per heavy atom. The molecule has 0 aliphatic heterocycles. The van der Waals surface area contributed by atoms with Crippen LogP contribution in [0.4, 0.5) is 0 Å². The molecule has 0 saturated heterocycles. The van der Waals surface area contributed by atoms with Gasteiger partial charge in [0.2, 0.25) is 0 Å². The number of aromatic nitrogens is 1. The molecule has 0 fully saturated rings. The van der Waals surface area contributed by atoms with Crippen LogP contribution in [0, 0.1) is 0 Å². The summed E-state index contributed by atoms with van der Waals surface area (Å²) in [4.78, 5) is 4.34. The van der Waals surface area contributed by atoms with Gasteiger partial charge in [-0.2, -0.15) is 0 Å². The van der Waals surface area contributed by atoms with E-state index in [2.05, 4.69) is 62.9 Å². The molecule has 2 aromatic rings.